The van der Waals surface area contributed by atoms with Crippen LogP contribution in [0.25, 0.3) is 0 Å². The van der Waals surface area contributed by atoms with Crippen molar-refractivity contribution >= 4 is 5.91 Å². The molecule has 1 heterocycles. The number of hydrogen-bond donors (Lipinski definition) is 6. The second kappa shape index (κ2) is 32.3. The van der Waals surface area contributed by atoms with Gasteiger partial charge in [0.1, 0.15) is 24.4 Å². The Morgan fingerprint density at radius 2 is 1.14 bits per heavy atom. The van der Waals surface area contributed by atoms with Crippen molar-refractivity contribution in [3.05, 3.63) is 24.3 Å². The summed E-state index contributed by atoms with van der Waals surface area (Å²) in [5.41, 5.74) is 0. The van der Waals surface area contributed by atoms with Crippen LogP contribution in [0.5, 0.6) is 0 Å². The maximum atomic E-state index is 12.3. The number of amides is 1. The number of ether oxygens (including phenoxy) is 2. The van der Waals surface area contributed by atoms with E-state index in [1.807, 2.05) is 13.0 Å². The van der Waals surface area contributed by atoms with Gasteiger partial charge in [0.05, 0.1) is 25.4 Å². The predicted octanol–water partition coefficient (Wildman–Crippen LogP) is 7.55. The van der Waals surface area contributed by atoms with Crippen LogP contribution in [0.15, 0.2) is 24.3 Å². The lowest BCUT2D eigenvalue weighted by Crippen LogP contribution is -2.60. The minimum Gasteiger partial charge on any atom is -0.394 e. The van der Waals surface area contributed by atoms with Crippen molar-refractivity contribution in [3.63, 3.8) is 0 Å². The topological polar surface area (TPSA) is 149 Å². The summed E-state index contributed by atoms with van der Waals surface area (Å²) in [6, 6.07) is -0.813. The van der Waals surface area contributed by atoms with Crippen LogP contribution in [0.2, 0.25) is 0 Å². The molecule has 1 rings (SSSR count). The molecular formula is C41H77NO8. The summed E-state index contributed by atoms with van der Waals surface area (Å²) in [6.45, 7) is 3.39. The lowest BCUT2D eigenvalue weighted by atomic mass is 9.99. The Morgan fingerprint density at radius 1 is 0.660 bits per heavy atom. The molecule has 0 aliphatic carbocycles. The van der Waals surface area contributed by atoms with Gasteiger partial charge in [0, 0.05) is 6.42 Å². The molecule has 9 nitrogen and oxygen atoms in total. The van der Waals surface area contributed by atoms with Crippen LogP contribution < -0.4 is 5.32 Å². The number of rotatable bonds is 33. The normalized spacial score (nSPS) is 22.4. The van der Waals surface area contributed by atoms with E-state index < -0.39 is 49.5 Å². The summed E-state index contributed by atoms with van der Waals surface area (Å²) in [7, 11) is 0. The summed E-state index contributed by atoms with van der Waals surface area (Å²) in [4.78, 5) is 12.3. The van der Waals surface area contributed by atoms with Crippen LogP contribution in [-0.4, -0.2) is 87.5 Å². The average Bonchev–Trinajstić information content (AvgIpc) is 3.11. The van der Waals surface area contributed by atoms with Crippen LogP contribution in [-0.2, 0) is 14.3 Å². The van der Waals surface area contributed by atoms with Crippen molar-refractivity contribution in [2.45, 2.75) is 217 Å². The third kappa shape index (κ3) is 23.3. The van der Waals surface area contributed by atoms with Gasteiger partial charge < -0.3 is 40.3 Å². The number of carbonyl (C=O) groups excluding carboxylic acids is 1. The van der Waals surface area contributed by atoms with E-state index in [9.17, 15) is 30.3 Å². The zero-order valence-corrected chi connectivity index (χ0v) is 31.9. The van der Waals surface area contributed by atoms with Gasteiger partial charge in [-0.1, -0.05) is 160 Å². The molecule has 6 N–H and O–H groups in total. The first-order valence-corrected chi connectivity index (χ1v) is 20.6. The Morgan fingerprint density at radius 3 is 1.64 bits per heavy atom. The van der Waals surface area contributed by atoms with E-state index in [-0.39, 0.29) is 18.9 Å². The van der Waals surface area contributed by atoms with Gasteiger partial charge in [-0.2, -0.15) is 0 Å². The number of allylic oxidation sites excluding steroid dienone is 3. The molecule has 7 atom stereocenters. The Hall–Kier alpha value is -1.33. The van der Waals surface area contributed by atoms with Gasteiger partial charge in [-0.05, 0) is 32.1 Å². The molecule has 0 bridgehead atoms. The summed E-state index contributed by atoms with van der Waals surface area (Å²) in [5, 5.41) is 53.1. The molecule has 0 radical (unpaired) electrons. The highest BCUT2D eigenvalue weighted by Gasteiger charge is 2.44. The van der Waals surface area contributed by atoms with Gasteiger partial charge in [0.25, 0.3) is 0 Å². The molecule has 294 valence electrons. The highest BCUT2D eigenvalue weighted by Crippen LogP contribution is 2.22. The summed E-state index contributed by atoms with van der Waals surface area (Å²) in [5.74, 6) is -0.240. The van der Waals surface area contributed by atoms with E-state index in [2.05, 4.69) is 24.4 Å². The molecule has 1 aliphatic heterocycles. The number of unbranched alkanes of at least 4 members (excludes halogenated alkanes) is 21. The summed E-state index contributed by atoms with van der Waals surface area (Å²) < 4.78 is 11.0. The van der Waals surface area contributed by atoms with Crippen molar-refractivity contribution in [3.8, 4) is 0 Å². The predicted molar refractivity (Wildman–Crippen MR) is 203 cm³/mol. The second-order valence-corrected chi connectivity index (χ2v) is 14.4. The molecule has 1 amide bonds. The van der Waals surface area contributed by atoms with E-state index in [1.165, 1.54) is 128 Å². The number of nitrogens with one attached hydrogen (secondary N) is 1. The van der Waals surface area contributed by atoms with Gasteiger partial charge in [0.15, 0.2) is 6.29 Å². The van der Waals surface area contributed by atoms with Crippen LogP contribution in [0.3, 0.4) is 0 Å². The van der Waals surface area contributed by atoms with Gasteiger partial charge in [0.2, 0.25) is 5.91 Å². The van der Waals surface area contributed by atoms with Crippen LogP contribution in [0.1, 0.15) is 174 Å². The van der Waals surface area contributed by atoms with E-state index in [0.717, 1.165) is 19.3 Å². The van der Waals surface area contributed by atoms with Crippen molar-refractivity contribution in [1.29, 1.82) is 0 Å². The third-order valence-corrected chi connectivity index (χ3v) is 9.75. The smallest absolute Gasteiger partial charge is 0.220 e. The Labute approximate surface area is 305 Å². The van der Waals surface area contributed by atoms with E-state index in [4.69, 9.17) is 9.47 Å². The fraction of sp³-hybridized carbons (Fsp3) is 0.878. The summed E-state index contributed by atoms with van der Waals surface area (Å²) in [6.07, 6.45) is 31.3. The molecule has 0 aromatic carbocycles. The number of aliphatic hydroxyl groups is 5. The van der Waals surface area contributed by atoms with Crippen molar-refractivity contribution < 1.29 is 39.8 Å². The Bertz CT molecular complexity index is 837. The molecule has 0 spiro atoms. The molecule has 7 unspecified atom stereocenters. The van der Waals surface area contributed by atoms with Crippen LogP contribution in [0, 0.1) is 0 Å². The molecule has 50 heavy (non-hydrogen) atoms. The van der Waals surface area contributed by atoms with Crippen molar-refractivity contribution in [2.75, 3.05) is 13.2 Å². The maximum absolute atomic E-state index is 12.3. The molecule has 0 aromatic heterocycles. The number of carbonyl (C=O) groups is 1. The second-order valence-electron chi connectivity index (χ2n) is 14.4. The Balaban J connectivity index is 2.09. The molecule has 1 fully saturated rings. The lowest BCUT2D eigenvalue weighted by Gasteiger charge is -2.40. The van der Waals surface area contributed by atoms with Crippen molar-refractivity contribution in [2.24, 2.45) is 0 Å². The molecule has 1 aliphatic rings. The fourth-order valence-electron chi connectivity index (χ4n) is 6.45. The van der Waals surface area contributed by atoms with E-state index in [0.29, 0.717) is 6.42 Å². The van der Waals surface area contributed by atoms with E-state index in [1.54, 1.807) is 6.08 Å². The largest absolute Gasteiger partial charge is 0.394 e. The summed E-state index contributed by atoms with van der Waals surface area (Å²) >= 11 is 0. The average molecular weight is 712 g/mol. The molecule has 0 saturated carbocycles. The lowest BCUT2D eigenvalue weighted by molar-refractivity contribution is -0.302. The molecule has 1 saturated heterocycles. The zero-order valence-electron chi connectivity index (χ0n) is 31.9. The number of aliphatic hydroxyl groups excluding tert-OH is 5. The highest BCUT2D eigenvalue weighted by molar-refractivity contribution is 5.76. The van der Waals surface area contributed by atoms with Crippen molar-refractivity contribution in [1.82, 2.24) is 5.32 Å². The standard InChI is InChI=1S/C41H77NO8/c1-3-5-6-7-8-9-10-11-12-13-14-15-16-17-18-19-20-21-22-23-24-25-26-27-28-29-31-35(44)34(42-37(45)30-4-2)33-49-41-40(48)39(47)38(46)36(32-43)50-41/h25-26,29,31,34-36,38-41,43-44,46-48H,3-24,27-28,30,32-33H2,1-2H3,(H,42,45)/b26-25+,31-29+. The van der Waals surface area contributed by atoms with Gasteiger partial charge >= 0.3 is 0 Å². The molecule has 0 aromatic rings. The highest BCUT2D eigenvalue weighted by atomic mass is 16.7. The number of hydrogen-bond acceptors (Lipinski definition) is 8. The van der Waals surface area contributed by atoms with Crippen LogP contribution >= 0.6 is 0 Å². The first-order valence-electron chi connectivity index (χ1n) is 20.6. The third-order valence-electron chi connectivity index (χ3n) is 9.75. The quantitative estimate of drug-likeness (QED) is 0.0302. The van der Waals surface area contributed by atoms with Gasteiger partial charge in [-0.15, -0.1) is 0 Å². The SMILES string of the molecule is CCCCCCCCCCCCCCCCCCCCCC/C=C/CC/C=C/C(O)C(COC1OC(CO)C(O)C(O)C1O)NC(=O)CCC. The zero-order chi connectivity index (χ0) is 36.7. The minimum absolute atomic E-state index is 0.205. The van der Waals surface area contributed by atoms with Gasteiger partial charge in [-0.3, -0.25) is 4.79 Å². The fourth-order valence-corrected chi connectivity index (χ4v) is 6.45. The molecular weight excluding hydrogens is 634 g/mol. The maximum Gasteiger partial charge on any atom is 0.220 e. The van der Waals surface area contributed by atoms with Gasteiger partial charge in [-0.25, -0.2) is 0 Å². The monoisotopic (exact) mass is 712 g/mol. The first kappa shape index (κ1) is 46.7. The Kier molecular flexibility index (Phi) is 30.2. The first-order chi connectivity index (χ1) is 24.3. The molecule has 9 heteroatoms. The van der Waals surface area contributed by atoms with Crippen LogP contribution in [0.4, 0.5) is 0 Å². The minimum atomic E-state index is -1.56. The van der Waals surface area contributed by atoms with E-state index >= 15 is 0 Å².